The number of para-hydroxylation sites is 1. The van der Waals surface area contributed by atoms with Crippen LogP contribution in [0.5, 0.6) is 0 Å². The average Bonchev–Trinajstić information content (AvgIpc) is 3.15. The number of H-pyrrole nitrogens is 1. The molecule has 1 aromatic heterocycles. The highest BCUT2D eigenvalue weighted by molar-refractivity contribution is 7.99. The predicted octanol–water partition coefficient (Wildman–Crippen LogP) is 6.51. The molecular weight excluding hydrogens is 440 g/mol. The molecule has 164 valence electrons. The van der Waals surface area contributed by atoms with Crippen molar-refractivity contribution in [2.45, 2.75) is 11.1 Å². The van der Waals surface area contributed by atoms with Gasteiger partial charge in [0.15, 0.2) is 0 Å². The van der Waals surface area contributed by atoms with Gasteiger partial charge in [-0.05, 0) is 54.1 Å². The molecule has 0 unspecified atom stereocenters. The summed E-state index contributed by atoms with van der Waals surface area (Å²) in [5.74, 6) is -0.383. The summed E-state index contributed by atoms with van der Waals surface area (Å²) in [5, 5.41) is 3.67. The molecule has 0 spiro atoms. The van der Waals surface area contributed by atoms with Crippen molar-refractivity contribution in [2.24, 2.45) is 0 Å². The van der Waals surface area contributed by atoms with Gasteiger partial charge in [-0.1, -0.05) is 24.3 Å². The largest absolute Gasteiger partial charge is 0.416 e. The van der Waals surface area contributed by atoms with E-state index in [1.54, 1.807) is 12.1 Å². The summed E-state index contributed by atoms with van der Waals surface area (Å²) >= 11 is 1.51. The van der Waals surface area contributed by atoms with Gasteiger partial charge in [-0.15, -0.1) is 11.8 Å². The summed E-state index contributed by atoms with van der Waals surface area (Å²) in [6.45, 7) is 0.266. The molecule has 2 N–H and O–H groups in total. The van der Waals surface area contributed by atoms with Crippen LogP contribution in [0.4, 0.5) is 17.6 Å². The Morgan fingerprint density at radius 2 is 1.72 bits per heavy atom. The SMILES string of the molecule is O=C(NCCSc1c(-c2ccc(F)cc2)[nH]c2ccccc12)c1cccc(C(F)(F)F)c1. The number of hydrogen-bond donors (Lipinski definition) is 2. The second kappa shape index (κ2) is 9.08. The zero-order chi connectivity index (χ0) is 22.7. The first-order chi connectivity index (χ1) is 15.3. The topological polar surface area (TPSA) is 44.9 Å². The van der Waals surface area contributed by atoms with Gasteiger partial charge in [0.2, 0.25) is 0 Å². The molecule has 0 fully saturated rings. The molecular formula is C24H18F4N2OS. The van der Waals surface area contributed by atoms with E-state index >= 15 is 0 Å². The molecule has 0 saturated heterocycles. The Labute approximate surface area is 185 Å². The van der Waals surface area contributed by atoms with Gasteiger partial charge in [-0.3, -0.25) is 4.79 Å². The van der Waals surface area contributed by atoms with E-state index in [9.17, 15) is 22.4 Å². The Kier molecular flexibility index (Phi) is 6.23. The fourth-order valence-electron chi connectivity index (χ4n) is 3.34. The van der Waals surface area contributed by atoms with Crippen molar-refractivity contribution in [1.29, 1.82) is 0 Å². The minimum absolute atomic E-state index is 0.0380. The molecule has 0 aliphatic heterocycles. The molecule has 0 saturated carbocycles. The smallest absolute Gasteiger partial charge is 0.354 e. The lowest BCUT2D eigenvalue weighted by molar-refractivity contribution is -0.137. The average molecular weight is 458 g/mol. The number of hydrogen-bond acceptors (Lipinski definition) is 2. The molecule has 0 radical (unpaired) electrons. The maximum Gasteiger partial charge on any atom is 0.416 e. The summed E-state index contributed by atoms with van der Waals surface area (Å²) in [5.41, 5.74) is 1.71. The molecule has 3 nitrogen and oxygen atoms in total. The van der Waals surface area contributed by atoms with Gasteiger partial charge in [0.25, 0.3) is 5.91 Å². The highest BCUT2D eigenvalue weighted by Crippen LogP contribution is 2.37. The number of nitrogens with one attached hydrogen (secondary N) is 2. The first kappa shape index (κ1) is 22.0. The van der Waals surface area contributed by atoms with Crippen molar-refractivity contribution in [3.05, 3.63) is 89.7 Å². The highest BCUT2D eigenvalue weighted by atomic mass is 32.2. The summed E-state index contributed by atoms with van der Waals surface area (Å²) < 4.78 is 51.9. The van der Waals surface area contributed by atoms with Crippen LogP contribution in [0, 0.1) is 5.82 Å². The first-order valence-corrected chi connectivity index (χ1v) is 10.8. The maximum atomic E-state index is 13.3. The Hall–Kier alpha value is -3.26. The molecule has 0 atom stereocenters. The molecule has 0 aliphatic carbocycles. The summed E-state index contributed by atoms with van der Waals surface area (Å²) in [7, 11) is 0. The van der Waals surface area contributed by atoms with Crippen molar-refractivity contribution in [2.75, 3.05) is 12.3 Å². The number of halogens is 4. The van der Waals surface area contributed by atoms with E-state index in [1.165, 1.54) is 36.0 Å². The third kappa shape index (κ3) is 4.80. The number of amides is 1. The van der Waals surface area contributed by atoms with Crippen LogP contribution in [0.25, 0.3) is 22.2 Å². The normalized spacial score (nSPS) is 11.6. The number of aromatic nitrogens is 1. The van der Waals surface area contributed by atoms with E-state index in [0.717, 1.165) is 39.2 Å². The summed E-state index contributed by atoms with van der Waals surface area (Å²) in [4.78, 5) is 16.6. The van der Waals surface area contributed by atoms with Gasteiger partial charge in [-0.2, -0.15) is 13.2 Å². The number of thioether (sulfide) groups is 1. The van der Waals surface area contributed by atoms with Gasteiger partial charge >= 0.3 is 6.18 Å². The minimum atomic E-state index is -4.50. The summed E-state index contributed by atoms with van der Waals surface area (Å²) in [6, 6.07) is 18.3. The Balaban J connectivity index is 1.46. The zero-order valence-electron chi connectivity index (χ0n) is 16.7. The van der Waals surface area contributed by atoms with E-state index in [0.29, 0.717) is 5.75 Å². The van der Waals surface area contributed by atoms with Gasteiger partial charge in [0.05, 0.1) is 11.3 Å². The molecule has 1 amide bonds. The van der Waals surface area contributed by atoms with E-state index in [2.05, 4.69) is 10.3 Å². The Bertz CT molecular complexity index is 1250. The van der Waals surface area contributed by atoms with Gasteiger partial charge < -0.3 is 10.3 Å². The van der Waals surface area contributed by atoms with Crippen molar-refractivity contribution >= 4 is 28.6 Å². The number of alkyl halides is 3. The number of fused-ring (bicyclic) bond motifs is 1. The zero-order valence-corrected chi connectivity index (χ0v) is 17.5. The molecule has 8 heteroatoms. The number of aromatic amines is 1. The minimum Gasteiger partial charge on any atom is -0.354 e. The van der Waals surface area contributed by atoms with Crippen LogP contribution in [-0.4, -0.2) is 23.2 Å². The Morgan fingerprint density at radius 3 is 2.47 bits per heavy atom. The standard InChI is InChI=1S/C24H18F4N2OS/c25-18-10-8-15(9-11-18)21-22(19-6-1-2-7-20(19)30-21)32-13-12-29-23(31)16-4-3-5-17(14-16)24(26,27)28/h1-11,14,30H,12-13H2,(H,29,31). The van der Waals surface area contributed by atoms with Crippen LogP contribution in [0.3, 0.4) is 0 Å². The monoisotopic (exact) mass is 458 g/mol. The lowest BCUT2D eigenvalue weighted by atomic mass is 10.1. The van der Waals surface area contributed by atoms with E-state index in [4.69, 9.17) is 0 Å². The quantitative estimate of drug-likeness (QED) is 0.196. The predicted molar refractivity (Wildman–Crippen MR) is 118 cm³/mol. The Morgan fingerprint density at radius 1 is 0.969 bits per heavy atom. The van der Waals surface area contributed by atoms with Crippen LogP contribution >= 0.6 is 11.8 Å². The molecule has 0 bridgehead atoms. The third-order valence-electron chi connectivity index (χ3n) is 4.88. The lowest BCUT2D eigenvalue weighted by Gasteiger charge is -2.10. The number of carbonyl (C=O) groups is 1. The van der Waals surface area contributed by atoms with Crippen LogP contribution < -0.4 is 5.32 Å². The third-order valence-corrected chi connectivity index (χ3v) is 6.00. The van der Waals surface area contributed by atoms with Crippen LogP contribution in [0.2, 0.25) is 0 Å². The van der Waals surface area contributed by atoms with Crippen molar-refractivity contribution in [3.63, 3.8) is 0 Å². The fraction of sp³-hybridized carbons (Fsp3) is 0.125. The van der Waals surface area contributed by atoms with Gasteiger partial charge in [-0.25, -0.2) is 4.39 Å². The number of carbonyl (C=O) groups excluding carboxylic acids is 1. The molecule has 4 aromatic rings. The van der Waals surface area contributed by atoms with Gasteiger partial charge in [0.1, 0.15) is 5.82 Å². The van der Waals surface area contributed by atoms with Gasteiger partial charge in [0, 0.05) is 33.7 Å². The summed E-state index contributed by atoms with van der Waals surface area (Å²) in [6.07, 6.45) is -4.50. The lowest BCUT2D eigenvalue weighted by Crippen LogP contribution is -2.26. The van der Waals surface area contributed by atoms with E-state index < -0.39 is 17.6 Å². The molecule has 3 aromatic carbocycles. The second-order valence-corrected chi connectivity index (χ2v) is 8.17. The van der Waals surface area contributed by atoms with Crippen molar-refractivity contribution in [3.8, 4) is 11.3 Å². The number of benzene rings is 3. The first-order valence-electron chi connectivity index (χ1n) is 9.78. The van der Waals surface area contributed by atoms with E-state index in [1.807, 2.05) is 24.3 Å². The maximum absolute atomic E-state index is 13.3. The van der Waals surface area contributed by atoms with Crippen LogP contribution in [0.1, 0.15) is 15.9 Å². The fourth-order valence-corrected chi connectivity index (χ4v) is 4.40. The highest BCUT2D eigenvalue weighted by Gasteiger charge is 2.30. The second-order valence-electron chi connectivity index (χ2n) is 7.06. The van der Waals surface area contributed by atoms with Crippen LogP contribution in [-0.2, 0) is 6.18 Å². The number of rotatable bonds is 6. The van der Waals surface area contributed by atoms with Crippen molar-refractivity contribution < 1.29 is 22.4 Å². The molecule has 32 heavy (non-hydrogen) atoms. The molecule has 0 aliphatic rings. The van der Waals surface area contributed by atoms with Crippen LogP contribution in [0.15, 0.2) is 77.7 Å². The van der Waals surface area contributed by atoms with Crippen molar-refractivity contribution in [1.82, 2.24) is 10.3 Å². The molecule has 1 heterocycles. The van der Waals surface area contributed by atoms with E-state index in [-0.39, 0.29) is 17.9 Å². The molecule has 4 rings (SSSR count).